The Bertz CT molecular complexity index is 4980. The van der Waals surface area contributed by atoms with Crippen LogP contribution in [0.4, 0.5) is 0 Å². The summed E-state index contributed by atoms with van der Waals surface area (Å²) in [7, 11) is 0. The molecule has 0 N–H and O–H groups in total. The second-order valence-corrected chi connectivity index (χ2v) is 25.7. The maximum absolute atomic E-state index is 6.84. The number of benzene rings is 10. The van der Waals surface area contributed by atoms with Crippen LogP contribution in [0.1, 0.15) is 79.0 Å². The van der Waals surface area contributed by atoms with Crippen molar-refractivity contribution in [3.05, 3.63) is 248 Å². The average molecular weight is 1280 g/mol. The summed E-state index contributed by atoms with van der Waals surface area (Å²) in [6.07, 6.45) is 5.91. The van der Waals surface area contributed by atoms with Crippen molar-refractivity contribution in [1.82, 2.24) is 14.1 Å². The minimum absolute atomic E-state index is 0. The van der Waals surface area contributed by atoms with E-state index in [0.717, 1.165) is 122 Å². The fourth-order valence-corrected chi connectivity index (χ4v) is 12.6. The minimum Gasteiger partial charge on any atom is -0.510 e. The molecule has 15 rings (SSSR count). The Kier molecular flexibility index (Phi) is 12.7. The number of hydrogen-bond donors (Lipinski definition) is 0. The van der Waals surface area contributed by atoms with Gasteiger partial charge in [-0.1, -0.05) is 201 Å². The summed E-state index contributed by atoms with van der Waals surface area (Å²) in [6.45, 7) is 20.6. The molecule has 7 heteroatoms. The molecule has 0 saturated carbocycles. The largest absolute Gasteiger partial charge is 0.510 e. The summed E-state index contributed by atoms with van der Waals surface area (Å²) in [4.78, 5) is 4.92. The van der Waals surface area contributed by atoms with Crippen LogP contribution >= 0.6 is 0 Å². The van der Waals surface area contributed by atoms with Crippen LogP contribution in [0.2, 0.25) is 0 Å². The summed E-state index contributed by atoms with van der Waals surface area (Å²) in [6, 6.07) is 81.9. The summed E-state index contributed by atoms with van der Waals surface area (Å²) in [5.41, 5.74) is 22.4. The van der Waals surface area contributed by atoms with Gasteiger partial charge in [-0.25, -0.2) is 4.98 Å². The third-order valence-electron chi connectivity index (χ3n) is 17.1. The zero-order chi connectivity index (χ0) is 57.4. The van der Waals surface area contributed by atoms with Gasteiger partial charge in [0.25, 0.3) is 6.33 Å². The van der Waals surface area contributed by atoms with Gasteiger partial charge in [-0.05, 0) is 142 Å². The zero-order valence-electron chi connectivity index (χ0n) is 49.1. The van der Waals surface area contributed by atoms with E-state index in [1.165, 1.54) is 22.3 Å². The van der Waals surface area contributed by atoms with E-state index in [9.17, 15) is 0 Å². The number of hydrogen-bond acceptors (Lipinski definition) is 3. The van der Waals surface area contributed by atoms with Gasteiger partial charge in [-0.3, -0.25) is 4.57 Å². The molecule has 0 saturated heterocycles. The van der Waals surface area contributed by atoms with Crippen molar-refractivity contribution in [2.24, 2.45) is 0 Å². The van der Waals surface area contributed by atoms with Gasteiger partial charge in [0.05, 0.1) is 16.7 Å². The van der Waals surface area contributed by atoms with E-state index in [1.807, 2.05) is 36.5 Å². The van der Waals surface area contributed by atoms with Gasteiger partial charge in [-0.15, -0.1) is 29.7 Å². The smallest absolute Gasteiger partial charge is 0.268 e. The van der Waals surface area contributed by atoms with Crippen LogP contribution in [0.5, 0.6) is 11.5 Å². The van der Waals surface area contributed by atoms with E-state index < -0.39 is 0 Å². The van der Waals surface area contributed by atoms with Crippen LogP contribution in [0.25, 0.3) is 128 Å². The molecule has 14 aromatic rings. The van der Waals surface area contributed by atoms with Crippen molar-refractivity contribution in [2.45, 2.75) is 78.6 Å². The summed E-state index contributed by atoms with van der Waals surface area (Å²) in [5.74, 6) is 1.96. The molecule has 10 aromatic carbocycles. The van der Waals surface area contributed by atoms with Gasteiger partial charge in [0.15, 0.2) is 0 Å². The normalized spacial score (nSPS) is 12.4. The number of imidazole rings is 1. The molecule has 0 aliphatic carbocycles. The van der Waals surface area contributed by atoms with Gasteiger partial charge in [-0.2, -0.15) is 18.2 Å². The van der Waals surface area contributed by atoms with Gasteiger partial charge >= 0.3 is 0 Å². The van der Waals surface area contributed by atoms with Crippen LogP contribution < -0.4 is 9.30 Å². The average Bonchev–Trinajstić information content (AvgIpc) is 2.26. The van der Waals surface area contributed by atoms with Crippen molar-refractivity contribution in [1.29, 1.82) is 0 Å². The van der Waals surface area contributed by atoms with Crippen molar-refractivity contribution >= 4 is 54.8 Å². The van der Waals surface area contributed by atoms with Crippen molar-refractivity contribution in [3.63, 3.8) is 0 Å². The molecule has 0 bridgehead atoms. The van der Waals surface area contributed by atoms with Crippen molar-refractivity contribution in [3.8, 4) is 84.3 Å². The molecule has 4 aromatic heterocycles. The number of para-hydroxylation sites is 4. The first-order valence-electron chi connectivity index (χ1n) is 29.1. The fraction of sp³-hybridized carbons (Fsp3) is 0.154. The number of furan rings is 1. The van der Waals surface area contributed by atoms with E-state index in [4.69, 9.17) is 14.1 Å². The molecular weight excluding hydrogens is 1220 g/mol. The topological polar surface area (TPSA) is 49.0 Å². The summed E-state index contributed by atoms with van der Waals surface area (Å²) >= 11 is 0. The van der Waals surface area contributed by atoms with Crippen LogP contribution in [0.15, 0.2) is 217 Å². The molecule has 0 unspecified atom stereocenters. The first kappa shape index (κ1) is 53.9. The first-order chi connectivity index (χ1) is 40.5. The van der Waals surface area contributed by atoms with Gasteiger partial charge in [0.2, 0.25) is 0 Å². The Labute approximate surface area is 510 Å². The van der Waals surface area contributed by atoms with Crippen LogP contribution in [0, 0.1) is 18.5 Å². The number of fused-ring (bicyclic) bond motifs is 13. The maximum atomic E-state index is 6.84. The van der Waals surface area contributed by atoms with Crippen LogP contribution in [-0.2, 0) is 37.3 Å². The van der Waals surface area contributed by atoms with E-state index in [1.54, 1.807) is 0 Å². The van der Waals surface area contributed by atoms with Gasteiger partial charge in [0, 0.05) is 55.1 Å². The molecule has 418 valence electrons. The Balaban J connectivity index is 0.00000640. The summed E-state index contributed by atoms with van der Waals surface area (Å²) in [5, 5.41) is 4.35. The van der Waals surface area contributed by atoms with Crippen molar-refractivity contribution in [2.75, 3.05) is 0 Å². The molecule has 0 spiro atoms. The first-order valence-corrected chi connectivity index (χ1v) is 29.1. The SMILES string of the molecule is CC(C)(C)c1cc(-c2ccc3c(c2)-c2cccc(-c4ccc5oc6ccccc6c5c4)c2-[n+]2[c-]n(-c4[c-]c(Oc5[c-]c6c(cc5)c5ccccc5n6-c5cc(C(C)(C)C)ccn5)ccc4)c4cccc(c42)-c2ccccc2-3)cc(C(C)(C)C)c1.[Pt]. The van der Waals surface area contributed by atoms with Crippen molar-refractivity contribution < 1.29 is 34.8 Å². The van der Waals surface area contributed by atoms with Crippen LogP contribution in [0.3, 0.4) is 0 Å². The van der Waals surface area contributed by atoms with Gasteiger partial charge < -0.3 is 18.3 Å². The Hall–Kier alpha value is -9.09. The van der Waals surface area contributed by atoms with E-state index in [2.05, 4.69) is 270 Å². The Morgan fingerprint density at radius 2 is 1.06 bits per heavy atom. The molecule has 85 heavy (non-hydrogen) atoms. The number of rotatable bonds is 6. The molecule has 6 nitrogen and oxygen atoms in total. The molecule has 0 fully saturated rings. The molecular formula is C78H62N4O2Pt-2. The zero-order valence-corrected chi connectivity index (χ0v) is 51.4. The third kappa shape index (κ3) is 9.12. The third-order valence-corrected chi connectivity index (χ3v) is 17.1. The quantitative estimate of drug-likeness (QED) is 0.123. The molecule has 1 aliphatic rings. The van der Waals surface area contributed by atoms with E-state index in [0.29, 0.717) is 11.5 Å². The predicted molar refractivity (Wildman–Crippen MR) is 344 cm³/mol. The Morgan fingerprint density at radius 1 is 0.435 bits per heavy atom. The fourth-order valence-electron chi connectivity index (χ4n) is 12.6. The molecule has 1 aliphatic heterocycles. The second kappa shape index (κ2) is 20.0. The minimum atomic E-state index is -0.0540. The number of nitrogens with zero attached hydrogens (tertiary/aromatic N) is 4. The maximum Gasteiger partial charge on any atom is 0.268 e. The number of ether oxygens (including phenoxy) is 1. The Morgan fingerprint density at radius 3 is 1.85 bits per heavy atom. The number of aromatic nitrogens is 4. The number of pyridine rings is 1. The molecule has 0 radical (unpaired) electrons. The van der Waals surface area contributed by atoms with Crippen LogP contribution in [-0.4, -0.2) is 14.1 Å². The standard InChI is InChI=1S/C78H62N4O2.Pt/c1-76(2,3)51-37-38-79-73(44-51)82-68-28-14-12-23-61(68)62-35-33-56(46-70(62)82)83-55-20-16-19-54(45-55)80-47-81-74-57(49-32-36-72-67(42-49)63-24-13-15-30-71(63)84-72)25-17-26-65(74)66-41-48(50-39-52(77(4,5)6)43-53(40-50)78(7,8)9)31-34-60(66)58-21-10-11-22-59(58)64-27-18-29-69(80)75(64)81;/h10-44H,1-9H3;/q-2;. The summed E-state index contributed by atoms with van der Waals surface area (Å²) < 4.78 is 19.9. The monoisotopic (exact) mass is 1280 g/mol. The second-order valence-electron chi connectivity index (χ2n) is 25.7. The molecule has 0 amide bonds. The predicted octanol–water partition coefficient (Wildman–Crippen LogP) is 20.0. The van der Waals surface area contributed by atoms with Gasteiger partial charge in [0.1, 0.15) is 17.0 Å². The van der Waals surface area contributed by atoms with E-state index in [-0.39, 0.29) is 37.3 Å². The van der Waals surface area contributed by atoms with E-state index >= 15 is 0 Å². The molecule has 0 atom stereocenters. The molecule has 5 heterocycles.